The number of aromatic nitrogens is 1. The lowest BCUT2D eigenvalue weighted by Crippen LogP contribution is -2.13. The summed E-state index contributed by atoms with van der Waals surface area (Å²) < 4.78 is 0. The van der Waals surface area contributed by atoms with E-state index in [9.17, 15) is 4.79 Å². The average molecular weight is 345 g/mol. The first-order valence-electron chi connectivity index (χ1n) is 8.66. The van der Waals surface area contributed by atoms with Gasteiger partial charge < -0.3 is 10.6 Å². The fraction of sp³-hybridized carbons (Fsp3) is 0.182. The number of pyridine rings is 1. The Morgan fingerprint density at radius 2 is 1.73 bits per heavy atom. The summed E-state index contributed by atoms with van der Waals surface area (Å²) in [6.07, 6.45) is 1.73. The molecular formula is C22H23N3O. The monoisotopic (exact) mass is 345 g/mol. The Balaban J connectivity index is 1.61. The highest BCUT2D eigenvalue weighted by Crippen LogP contribution is 2.15. The van der Waals surface area contributed by atoms with E-state index < -0.39 is 0 Å². The van der Waals surface area contributed by atoms with Crippen molar-refractivity contribution in [2.45, 2.75) is 27.3 Å². The van der Waals surface area contributed by atoms with Gasteiger partial charge in [0.05, 0.1) is 11.9 Å². The molecule has 0 saturated heterocycles. The van der Waals surface area contributed by atoms with Crippen molar-refractivity contribution in [3.63, 3.8) is 0 Å². The Bertz CT molecular complexity index is 917. The van der Waals surface area contributed by atoms with Gasteiger partial charge in [-0.15, -0.1) is 0 Å². The maximum Gasteiger partial charge on any atom is 0.256 e. The van der Waals surface area contributed by atoms with Crippen molar-refractivity contribution in [3.8, 4) is 0 Å². The van der Waals surface area contributed by atoms with Gasteiger partial charge in [0.15, 0.2) is 0 Å². The molecule has 0 aliphatic heterocycles. The molecule has 0 radical (unpaired) electrons. The number of anilines is 2. The number of benzene rings is 2. The quantitative estimate of drug-likeness (QED) is 0.693. The molecule has 132 valence electrons. The van der Waals surface area contributed by atoms with E-state index in [4.69, 9.17) is 0 Å². The zero-order valence-electron chi connectivity index (χ0n) is 15.3. The highest BCUT2D eigenvalue weighted by Gasteiger charge is 2.08. The molecule has 2 aromatic carbocycles. The van der Waals surface area contributed by atoms with Crippen LogP contribution in [0.25, 0.3) is 0 Å². The molecule has 26 heavy (non-hydrogen) atoms. The summed E-state index contributed by atoms with van der Waals surface area (Å²) in [7, 11) is 0. The summed E-state index contributed by atoms with van der Waals surface area (Å²) in [5.74, 6) is 0.385. The number of hydrogen-bond acceptors (Lipinski definition) is 3. The molecule has 3 rings (SSSR count). The third kappa shape index (κ3) is 4.28. The summed E-state index contributed by atoms with van der Waals surface area (Å²) in [4.78, 5) is 16.7. The summed E-state index contributed by atoms with van der Waals surface area (Å²) in [5, 5.41) is 6.19. The number of amides is 1. The molecule has 0 bridgehead atoms. The topological polar surface area (TPSA) is 54.0 Å². The van der Waals surface area contributed by atoms with Crippen LogP contribution in [0.3, 0.4) is 0 Å². The number of nitrogens with one attached hydrogen (secondary N) is 2. The van der Waals surface area contributed by atoms with Gasteiger partial charge in [0.2, 0.25) is 0 Å². The molecule has 0 saturated carbocycles. The van der Waals surface area contributed by atoms with Crippen molar-refractivity contribution < 1.29 is 4.79 Å². The lowest BCUT2D eigenvalue weighted by atomic mass is 10.1. The second-order valence-corrected chi connectivity index (χ2v) is 6.47. The number of hydrogen-bond donors (Lipinski definition) is 2. The smallest absolute Gasteiger partial charge is 0.256 e. The van der Waals surface area contributed by atoms with Crippen molar-refractivity contribution in [1.29, 1.82) is 0 Å². The van der Waals surface area contributed by atoms with Gasteiger partial charge in [0, 0.05) is 12.1 Å². The molecule has 0 aliphatic rings. The maximum absolute atomic E-state index is 12.3. The largest absolute Gasteiger partial charge is 0.380 e. The van der Waals surface area contributed by atoms with Crippen LogP contribution in [0.4, 0.5) is 11.5 Å². The zero-order chi connectivity index (χ0) is 18.5. The molecule has 4 nitrogen and oxygen atoms in total. The number of nitrogens with zero attached hydrogens (tertiary/aromatic N) is 1. The minimum atomic E-state index is -0.152. The van der Waals surface area contributed by atoms with E-state index in [0.29, 0.717) is 11.4 Å². The summed E-state index contributed by atoms with van der Waals surface area (Å²) in [5.41, 5.74) is 6.32. The molecule has 3 aromatic rings. The molecule has 4 heteroatoms. The van der Waals surface area contributed by atoms with Crippen LogP contribution in [-0.2, 0) is 6.54 Å². The van der Waals surface area contributed by atoms with Gasteiger partial charge in [-0.05, 0) is 67.3 Å². The van der Waals surface area contributed by atoms with Crippen LogP contribution in [0.1, 0.15) is 32.6 Å². The van der Waals surface area contributed by atoms with Gasteiger partial charge in [-0.3, -0.25) is 4.79 Å². The van der Waals surface area contributed by atoms with Crippen LogP contribution >= 0.6 is 0 Å². The highest BCUT2D eigenvalue weighted by molar-refractivity contribution is 6.03. The van der Waals surface area contributed by atoms with Gasteiger partial charge >= 0.3 is 0 Å². The minimum absolute atomic E-state index is 0.152. The van der Waals surface area contributed by atoms with Crippen LogP contribution in [0, 0.1) is 20.8 Å². The Kier molecular flexibility index (Phi) is 5.32. The molecule has 0 spiro atoms. The van der Waals surface area contributed by atoms with Crippen LogP contribution in [0.15, 0.2) is 60.8 Å². The van der Waals surface area contributed by atoms with E-state index in [1.165, 1.54) is 16.7 Å². The predicted octanol–water partition coefficient (Wildman–Crippen LogP) is 4.87. The van der Waals surface area contributed by atoms with Crippen LogP contribution in [0.2, 0.25) is 0 Å². The van der Waals surface area contributed by atoms with Crippen LogP contribution in [0.5, 0.6) is 0 Å². The fourth-order valence-electron chi connectivity index (χ4n) is 2.65. The number of carbonyl (C=O) groups excluding carboxylic acids is 1. The first-order valence-corrected chi connectivity index (χ1v) is 8.66. The van der Waals surface area contributed by atoms with Crippen molar-refractivity contribution in [2.24, 2.45) is 0 Å². The molecule has 1 heterocycles. The normalized spacial score (nSPS) is 10.4. The second kappa shape index (κ2) is 7.83. The molecule has 0 atom stereocenters. The third-order valence-corrected chi connectivity index (χ3v) is 4.52. The number of rotatable bonds is 5. The third-order valence-electron chi connectivity index (χ3n) is 4.52. The van der Waals surface area contributed by atoms with Crippen LogP contribution in [-0.4, -0.2) is 10.9 Å². The van der Waals surface area contributed by atoms with E-state index in [-0.39, 0.29) is 5.91 Å². The second-order valence-electron chi connectivity index (χ2n) is 6.47. The van der Waals surface area contributed by atoms with E-state index >= 15 is 0 Å². The Hall–Kier alpha value is -3.14. The number of carbonyl (C=O) groups is 1. The molecular weight excluding hydrogens is 322 g/mol. The van der Waals surface area contributed by atoms with Gasteiger partial charge in [-0.1, -0.05) is 30.3 Å². The summed E-state index contributed by atoms with van der Waals surface area (Å²) in [6.45, 7) is 6.86. The first kappa shape index (κ1) is 17.7. The van der Waals surface area contributed by atoms with Crippen molar-refractivity contribution >= 4 is 17.4 Å². The maximum atomic E-state index is 12.3. The molecule has 0 aliphatic carbocycles. The first-order chi connectivity index (χ1) is 12.5. The zero-order valence-corrected chi connectivity index (χ0v) is 15.3. The molecule has 0 unspecified atom stereocenters. The number of aryl methyl sites for hydroxylation is 3. The Morgan fingerprint density at radius 3 is 2.42 bits per heavy atom. The van der Waals surface area contributed by atoms with Crippen molar-refractivity contribution in [2.75, 3.05) is 10.6 Å². The molecule has 1 aromatic heterocycles. The van der Waals surface area contributed by atoms with Gasteiger partial charge in [-0.25, -0.2) is 4.98 Å². The van der Waals surface area contributed by atoms with E-state index in [2.05, 4.69) is 34.7 Å². The Labute approximate surface area is 154 Å². The average Bonchev–Trinajstić information content (AvgIpc) is 2.64. The van der Waals surface area contributed by atoms with E-state index in [1.807, 2.05) is 50.2 Å². The van der Waals surface area contributed by atoms with Crippen molar-refractivity contribution in [3.05, 3.63) is 88.6 Å². The van der Waals surface area contributed by atoms with Crippen LogP contribution < -0.4 is 10.6 Å². The lowest BCUT2D eigenvalue weighted by molar-refractivity contribution is 0.102. The van der Waals surface area contributed by atoms with E-state index in [1.54, 1.807) is 12.3 Å². The van der Waals surface area contributed by atoms with Crippen molar-refractivity contribution in [1.82, 2.24) is 4.98 Å². The standard InChI is InChI=1S/C22H23N3O/c1-15-8-9-18(12-17(15)3)22(26)25-21-11-10-20(14-24-21)23-13-19-7-5-4-6-16(19)2/h4-12,14,23H,13H2,1-3H3,(H,24,25,26). The summed E-state index contributed by atoms with van der Waals surface area (Å²) >= 11 is 0. The highest BCUT2D eigenvalue weighted by atomic mass is 16.1. The van der Waals surface area contributed by atoms with E-state index in [0.717, 1.165) is 17.8 Å². The molecule has 0 fully saturated rings. The molecule has 1 amide bonds. The molecule has 2 N–H and O–H groups in total. The van der Waals surface area contributed by atoms with Gasteiger partial charge in [-0.2, -0.15) is 0 Å². The fourth-order valence-corrected chi connectivity index (χ4v) is 2.65. The SMILES string of the molecule is Cc1ccc(C(=O)Nc2ccc(NCc3ccccc3C)cn2)cc1C. The Morgan fingerprint density at radius 1 is 0.923 bits per heavy atom. The lowest BCUT2D eigenvalue weighted by Gasteiger charge is -2.10. The summed E-state index contributed by atoms with van der Waals surface area (Å²) in [6, 6.07) is 17.7. The van der Waals surface area contributed by atoms with Gasteiger partial charge in [0.25, 0.3) is 5.91 Å². The predicted molar refractivity (Wildman–Crippen MR) is 107 cm³/mol. The van der Waals surface area contributed by atoms with Gasteiger partial charge in [0.1, 0.15) is 5.82 Å². The minimum Gasteiger partial charge on any atom is -0.380 e.